The second kappa shape index (κ2) is 9.85. The Morgan fingerprint density at radius 3 is 2.23 bits per heavy atom. The predicted octanol–water partition coefficient (Wildman–Crippen LogP) is 4.87. The SMILES string of the molecule is COc1cc(C=C2C(=O)NC(=O)N(c3c(C)cc(C)cc3C)C2=O)ccc1OCc1ccccc1. The van der Waals surface area contributed by atoms with E-state index in [0.29, 0.717) is 29.4 Å². The number of anilines is 1. The van der Waals surface area contributed by atoms with Gasteiger partial charge in [-0.25, -0.2) is 9.69 Å². The maximum absolute atomic E-state index is 13.3. The standard InChI is InChI=1S/C28H26N2O5/c1-17-12-18(2)25(19(3)13-17)30-27(32)22(26(31)29-28(30)33)14-21-10-11-23(24(15-21)34-4)35-16-20-8-6-5-7-9-20/h5-15H,16H2,1-4H3,(H,29,31,33). The fraction of sp³-hybridized carbons (Fsp3) is 0.179. The molecular formula is C28H26N2O5. The van der Waals surface area contributed by atoms with E-state index in [4.69, 9.17) is 9.47 Å². The van der Waals surface area contributed by atoms with E-state index in [2.05, 4.69) is 5.32 Å². The summed E-state index contributed by atoms with van der Waals surface area (Å²) in [7, 11) is 1.52. The van der Waals surface area contributed by atoms with E-state index in [1.807, 2.05) is 63.2 Å². The minimum absolute atomic E-state index is 0.149. The number of imide groups is 2. The summed E-state index contributed by atoms with van der Waals surface area (Å²) in [5.74, 6) is -0.447. The summed E-state index contributed by atoms with van der Waals surface area (Å²) in [5.41, 5.74) is 4.43. The highest BCUT2D eigenvalue weighted by atomic mass is 16.5. The molecule has 1 aliphatic rings. The Labute approximate surface area is 204 Å². The number of carbonyl (C=O) groups is 3. The van der Waals surface area contributed by atoms with Gasteiger partial charge in [0.15, 0.2) is 11.5 Å². The van der Waals surface area contributed by atoms with Gasteiger partial charge in [-0.2, -0.15) is 0 Å². The number of nitrogens with one attached hydrogen (secondary N) is 1. The first-order valence-electron chi connectivity index (χ1n) is 11.1. The highest BCUT2D eigenvalue weighted by molar-refractivity contribution is 6.39. The molecule has 0 radical (unpaired) electrons. The Kier molecular flexibility index (Phi) is 6.68. The molecule has 1 N–H and O–H groups in total. The van der Waals surface area contributed by atoms with Gasteiger partial charge in [0, 0.05) is 0 Å². The van der Waals surface area contributed by atoms with Crippen LogP contribution < -0.4 is 19.7 Å². The number of carbonyl (C=O) groups excluding carboxylic acids is 3. The van der Waals surface area contributed by atoms with E-state index < -0.39 is 17.8 Å². The fourth-order valence-corrected chi connectivity index (χ4v) is 4.18. The number of hydrogen-bond acceptors (Lipinski definition) is 5. The lowest BCUT2D eigenvalue weighted by Gasteiger charge is -2.29. The number of urea groups is 1. The van der Waals surface area contributed by atoms with Gasteiger partial charge in [-0.1, -0.05) is 54.1 Å². The largest absolute Gasteiger partial charge is 0.493 e. The van der Waals surface area contributed by atoms with Crippen molar-refractivity contribution in [3.05, 3.63) is 94.1 Å². The molecule has 7 nitrogen and oxygen atoms in total. The number of nitrogens with zero attached hydrogens (tertiary/aromatic N) is 1. The van der Waals surface area contributed by atoms with Gasteiger partial charge in [0.2, 0.25) is 0 Å². The van der Waals surface area contributed by atoms with Crippen molar-refractivity contribution in [2.75, 3.05) is 12.0 Å². The van der Waals surface area contributed by atoms with E-state index in [9.17, 15) is 14.4 Å². The predicted molar refractivity (Wildman–Crippen MR) is 133 cm³/mol. The third kappa shape index (κ3) is 4.94. The smallest absolute Gasteiger partial charge is 0.335 e. The zero-order valence-corrected chi connectivity index (χ0v) is 20.0. The molecule has 0 spiro atoms. The zero-order valence-electron chi connectivity index (χ0n) is 20.0. The van der Waals surface area contributed by atoms with Gasteiger partial charge < -0.3 is 9.47 Å². The molecule has 0 aliphatic carbocycles. The summed E-state index contributed by atoms with van der Waals surface area (Å²) < 4.78 is 11.3. The van der Waals surface area contributed by atoms with Crippen LogP contribution in [0.4, 0.5) is 10.5 Å². The summed E-state index contributed by atoms with van der Waals surface area (Å²) in [6.07, 6.45) is 1.44. The number of aryl methyl sites for hydroxylation is 3. The quantitative estimate of drug-likeness (QED) is 0.411. The molecule has 0 unspecified atom stereocenters. The van der Waals surface area contributed by atoms with Gasteiger partial charge in [0.05, 0.1) is 12.8 Å². The normalized spacial score (nSPS) is 14.8. The molecule has 7 heteroatoms. The molecule has 4 rings (SSSR count). The maximum atomic E-state index is 13.3. The van der Waals surface area contributed by atoms with Crippen molar-refractivity contribution in [2.24, 2.45) is 0 Å². The van der Waals surface area contributed by atoms with Crippen LogP contribution >= 0.6 is 0 Å². The van der Waals surface area contributed by atoms with Crippen molar-refractivity contribution in [1.82, 2.24) is 5.32 Å². The lowest BCUT2D eigenvalue weighted by atomic mass is 10.0. The molecule has 1 heterocycles. The summed E-state index contributed by atoms with van der Waals surface area (Å²) in [6.45, 7) is 5.96. The molecule has 0 saturated carbocycles. The number of benzene rings is 3. The monoisotopic (exact) mass is 470 g/mol. The molecule has 0 aromatic heterocycles. The molecule has 1 fully saturated rings. The van der Waals surface area contributed by atoms with Gasteiger partial charge in [0.1, 0.15) is 12.2 Å². The Hall–Kier alpha value is -4.39. The Morgan fingerprint density at radius 1 is 0.886 bits per heavy atom. The first-order chi connectivity index (χ1) is 16.8. The Balaban J connectivity index is 1.64. The topological polar surface area (TPSA) is 84.9 Å². The van der Waals surface area contributed by atoms with Gasteiger partial charge in [0.25, 0.3) is 11.8 Å². The van der Waals surface area contributed by atoms with Crippen LogP contribution in [0.1, 0.15) is 27.8 Å². The van der Waals surface area contributed by atoms with E-state index in [-0.39, 0.29) is 5.57 Å². The molecule has 1 aliphatic heterocycles. The molecule has 35 heavy (non-hydrogen) atoms. The minimum atomic E-state index is -0.769. The molecule has 3 aromatic carbocycles. The van der Waals surface area contributed by atoms with E-state index in [0.717, 1.165) is 27.2 Å². The number of barbiturate groups is 1. The summed E-state index contributed by atoms with van der Waals surface area (Å²) in [4.78, 5) is 39.6. The van der Waals surface area contributed by atoms with E-state index >= 15 is 0 Å². The molecule has 1 saturated heterocycles. The molecule has 0 atom stereocenters. The highest BCUT2D eigenvalue weighted by Gasteiger charge is 2.38. The van der Waals surface area contributed by atoms with Crippen LogP contribution in [0.25, 0.3) is 6.08 Å². The number of ether oxygens (including phenoxy) is 2. The number of hydrogen-bond donors (Lipinski definition) is 1. The van der Waals surface area contributed by atoms with Crippen LogP contribution in [0.15, 0.2) is 66.2 Å². The number of methoxy groups -OCH3 is 1. The number of rotatable bonds is 6. The Morgan fingerprint density at radius 2 is 1.57 bits per heavy atom. The van der Waals surface area contributed by atoms with Crippen LogP contribution in [0.3, 0.4) is 0 Å². The second-order valence-corrected chi connectivity index (χ2v) is 8.39. The maximum Gasteiger partial charge on any atom is 0.335 e. The molecule has 3 aromatic rings. The lowest BCUT2D eigenvalue weighted by molar-refractivity contribution is -0.122. The third-order valence-electron chi connectivity index (χ3n) is 5.70. The van der Waals surface area contributed by atoms with Crippen LogP contribution in [-0.4, -0.2) is 25.0 Å². The van der Waals surface area contributed by atoms with Crippen molar-refractivity contribution < 1.29 is 23.9 Å². The van der Waals surface area contributed by atoms with E-state index in [1.165, 1.54) is 13.2 Å². The molecular weight excluding hydrogens is 444 g/mol. The third-order valence-corrected chi connectivity index (χ3v) is 5.70. The Bertz CT molecular complexity index is 1320. The van der Waals surface area contributed by atoms with Crippen LogP contribution in [-0.2, 0) is 16.2 Å². The molecule has 4 amide bonds. The van der Waals surface area contributed by atoms with Gasteiger partial charge in [-0.05, 0) is 61.2 Å². The highest BCUT2D eigenvalue weighted by Crippen LogP contribution is 2.32. The van der Waals surface area contributed by atoms with Crippen molar-refractivity contribution >= 4 is 29.6 Å². The van der Waals surface area contributed by atoms with Crippen LogP contribution in [0, 0.1) is 20.8 Å². The van der Waals surface area contributed by atoms with Gasteiger partial charge in [-0.3, -0.25) is 14.9 Å². The summed E-state index contributed by atoms with van der Waals surface area (Å²) >= 11 is 0. The number of amides is 4. The fourth-order valence-electron chi connectivity index (χ4n) is 4.18. The summed E-state index contributed by atoms with van der Waals surface area (Å²) in [5, 5.41) is 2.28. The van der Waals surface area contributed by atoms with Gasteiger partial charge in [-0.15, -0.1) is 0 Å². The second-order valence-electron chi connectivity index (χ2n) is 8.39. The molecule has 178 valence electrons. The van der Waals surface area contributed by atoms with Crippen molar-refractivity contribution in [3.8, 4) is 11.5 Å². The first kappa shape index (κ1) is 23.8. The average molecular weight is 471 g/mol. The van der Waals surface area contributed by atoms with Crippen LogP contribution in [0.5, 0.6) is 11.5 Å². The van der Waals surface area contributed by atoms with Crippen molar-refractivity contribution in [3.63, 3.8) is 0 Å². The van der Waals surface area contributed by atoms with Crippen LogP contribution in [0.2, 0.25) is 0 Å². The van der Waals surface area contributed by atoms with E-state index in [1.54, 1.807) is 18.2 Å². The summed E-state index contributed by atoms with van der Waals surface area (Å²) in [6, 6.07) is 17.9. The van der Waals surface area contributed by atoms with Gasteiger partial charge >= 0.3 is 6.03 Å². The molecule has 0 bridgehead atoms. The van der Waals surface area contributed by atoms with Crippen molar-refractivity contribution in [1.29, 1.82) is 0 Å². The lowest BCUT2D eigenvalue weighted by Crippen LogP contribution is -2.54. The zero-order chi connectivity index (χ0) is 25.1. The minimum Gasteiger partial charge on any atom is -0.493 e. The average Bonchev–Trinajstić information content (AvgIpc) is 2.82. The first-order valence-corrected chi connectivity index (χ1v) is 11.1. The van der Waals surface area contributed by atoms with Crippen molar-refractivity contribution in [2.45, 2.75) is 27.4 Å².